The smallest absolute Gasteiger partial charge is 0.252 e. The number of rotatable bonds is 5. The van der Waals surface area contributed by atoms with Crippen LogP contribution in [0.3, 0.4) is 0 Å². The Morgan fingerprint density at radius 3 is 2.75 bits per heavy atom. The summed E-state index contributed by atoms with van der Waals surface area (Å²) in [5.74, 6) is -0.846. The van der Waals surface area contributed by atoms with E-state index in [1.54, 1.807) is 0 Å². The third-order valence-electron chi connectivity index (χ3n) is 1.67. The quantitative estimate of drug-likeness (QED) is 0.819. The van der Waals surface area contributed by atoms with Crippen LogP contribution in [0.2, 0.25) is 0 Å². The van der Waals surface area contributed by atoms with Crippen molar-refractivity contribution >= 4 is 16.0 Å². The molecule has 1 heterocycles. The van der Waals surface area contributed by atoms with Crippen molar-refractivity contribution in [1.82, 2.24) is 9.71 Å². The molecule has 0 fully saturated rings. The molecule has 0 radical (unpaired) electrons. The average molecular weight is 247 g/mol. The highest BCUT2D eigenvalue weighted by atomic mass is 32.2. The van der Waals surface area contributed by atoms with Crippen LogP contribution in [0.25, 0.3) is 0 Å². The van der Waals surface area contributed by atoms with E-state index in [2.05, 4.69) is 9.71 Å². The molecule has 0 atom stereocenters. The molecule has 7 heteroatoms. The second kappa shape index (κ2) is 5.22. The van der Waals surface area contributed by atoms with E-state index in [1.165, 1.54) is 12.3 Å². The van der Waals surface area contributed by atoms with Gasteiger partial charge >= 0.3 is 0 Å². The van der Waals surface area contributed by atoms with Crippen molar-refractivity contribution in [3.05, 3.63) is 24.1 Å². The number of hydrogen-bond donors (Lipinski definition) is 2. The second-order valence-corrected chi connectivity index (χ2v) is 5.18. The van der Waals surface area contributed by atoms with Crippen LogP contribution < -0.4 is 9.44 Å². The molecule has 0 unspecified atom stereocenters. The van der Waals surface area contributed by atoms with Crippen molar-refractivity contribution < 1.29 is 12.8 Å². The first-order chi connectivity index (χ1) is 7.41. The minimum atomic E-state index is -3.75. The number of anilines is 1. The van der Waals surface area contributed by atoms with Crippen LogP contribution in [0, 0.1) is 11.7 Å². The van der Waals surface area contributed by atoms with E-state index in [1.807, 2.05) is 18.6 Å². The highest BCUT2D eigenvalue weighted by Crippen LogP contribution is 2.09. The molecule has 0 bridgehead atoms. The van der Waals surface area contributed by atoms with Crippen LogP contribution >= 0.6 is 0 Å². The molecule has 0 saturated carbocycles. The Labute approximate surface area is 94.3 Å². The van der Waals surface area contributed by atoms with E-state index in [9.17, 15) is 12.8 Å². The van der Waals surface area contributed by atoms with E-state index in [-0.39, 0.29) is 18.3 Å². The number of aromatic nitrogens is 1. The SMILES string of the molecule is CC(C)CNS(=O)(=O)Nc1ncccc1F. The van der Waals surface area contributed by atoms with Gasteiger partial charge in [0.25, 0.3) is 10.2 Å². The predicted molar refractivity (Wildman–Crippen MR) is 59.6 cm³/mol. The summed E-state index contributed by atoms with van der Waals surface area (Å²) >= 11 is 0. The Bertz CT molecular complexity index is 448. The lowest BCUT2D eigenvalue weighted by atomic mass is 10.2. The molecule has 5 nitrogen and oxygen atoms in total. The summed E-state index contributed by atoms with van der Waals surface area (Å²) in [6.45, 7) is 4.01. The van der Waals surface area contributed by atoms with Gasteiger partial charge in [-0.15, -0.1) is 0 Å². The van der Waals surface area contributed by atoms with Crippen LogP contribution in [0.4, 0.5) is 10.2 Å². The zero-order valence-electron chi connectivity index (χ0n) is 9.07. The van der Waals surface area contributed by atoms with Crippen LogP contribution in [0.1, 0.15) is 13.8 Å². The molecule has 0 aliphatic carbocycles. The topological polar surface area (TPSA) is 71.1 Å². The molecule has 16 heavy (non-hydrogen) atoms. The first-order valence-electron chi connectivity index (χ1n) is 4.78. The minimum absolute atomic E-state index is 0.171. The van der Waals surface area contributed by atoms with E-state index in [0.717, 1.165) is 6.07 Å². The normalized spacial score (nSPS) is 11.8. The molecule has 0 spiro atoms. The molecule has 1 aromatic rings. The lowest BCUT2D eigenvalue weighted by molar-refractivity contribution is 0.563. The van der Waals surface area contributed by atoms with Crippen molar-refractivity contribution in [3.8, 4) is 0 Å². The maximum atomic E-state index is 13.1. The highest BCUT2D eigenvalue weighted by molar-refractivity contribution is 7.90. The molecule has 2 N–H and O–H groups in total. The van der Waals surface area contributed by atoms with Crippen molar-refractivity contribution in [2.45, 2.75) is 13.8 Å². The predicted octanol–water partition coefficient (Wildman–Crippen LogP) is 1.12. The van der Waals surface area contributed by atoms with Crippen molar-refractivity contribution in [1.29, 1.82) is 0 Å². The second-order valence-electron chi connectivity index (χ2n) is 3.68. The zero-order valence-corrected chi connectivity index (χ0v) is 9.88. The van der Waals surface area contributed by atoms with Gasteiger partial charge in [0.15, 0.2) is 11.6 Å². The Morgan fingerprint density at radius 1 is 1.50 bits per heavy atom. The third kappa shape index (κ3) is 4.11. The van der Waals surface area contributed by atoms with Crippen molar-refractivity contribution in [3.63, 3.8) is 0 Å². The van der Waals surface area contributed by atoms with Gasteiger partial charge in [0.1, 0.15) is 0 Å². The van der Waals surface area contributed by atoms with Gasteiger partial charge in [0, 0.05) is 12.7 Å². The fourth-order valence-corrected chi connectivity index (χ4v) is 1.93. The van der Waals surface area contributed by atoms with Crippen molar-refractivity contribution in [2.75, 3.05) is 11.3 Å². The van der Waals surface area contributed by atoms with Gasteiger partial charge in [-0.2, -0.15) is 13.1 Å². The zero-order chi connectivity index (χ0) is 12.2. The maximum Gasteiger partial charge on any atom is 0.300 e. The van der Waals surface area contributed by atoms with Gasteiger partial charge in [-0.3, -0.25) is 4.72 Å². The van der Waals surface area contributed by atoms with Crippen LogP contribution in [0.15, 0.2) is 18.3 Å². The van der Waals surface area contributed by atoms with E-state index >= 15 is 0 Å². The fraction of sp³-hybridized carbons (Fsp3) is 0.444. The molecule has 0 saturated heterocycles. The fourth-order valence-electron chi connectivity index (χ4n) is 0.901. The number of pyridine rings is 1. The molecular formula is C9H14FN3O2S. The van der Waals surface area contributed by atoms with Gasteiger partial charge in [0.05, 0.1) is 0 Å². The van der Waals surface area contributed by atoms with Gasteiger partial charge in [-0.25, -0.2) is 9.37 Å². The van der Waals surface area contributed by atoms with Crippen molar-refractivity contribution in [2.24, 2.45) is 5.92 Å². The lowest BCUT2D eigenvalue weighted by Gasteiger charge is -2.10. The Kier molecular flexibility index (Phi) is 4.19. The Balaban J connectivity index is 2.70. The van der Waals surface area contributed by atoms with Crippen LogP contribution in [-0.2, 0) is 10.2 Å². The molecule has 1 aromatic heterocycles. The molecule has 0 aliphatic rings. The number of halogens is 1. The van der Waals surface area contributed by atoms with Crippen LogP contribution in [0.5, 0.6) is 0 Å². The van der Waals surface area contributed by atoms with Crippen LogP contribution in [-0.4, -0.2) is 19.9 Å². The van der Waals surface area contributed by atoms with Gasteiger partial charge in [-0.05, 0) is 18.1 Å². The van der Waals surface area contributed by atoms with E-state index in [0.29, 0.717) is 0 Å². The van der Waals surface area contributed by atoms with Gasteiger partial charge in [-0.1, -0.05) is 13.8 Å². The number of hydrogen-bond acceptors (Lipinski definition) is 3. The lowest BCUT2D eigenvalue weighted by Crippen LogP contribution is -2.33. The monoisotopic (exact) mass is 247 g/mol. The minimum Gasteiger partial charge on any atom is -0.252 e. The van der Waals surface area contributed by atoms with Gasteiger partial charge in [0.2, 0.25) is 0 Å². The standard InChI is InChI=1S/C9H14FN3O2S/c1-7(2)6-12-16(14,15)13-9-8(10)4-3-5-11-9/h3-5,7,12H,6H2,1-2H3,(H,11,13). The van der Waals surface area contributed by atoms with Gasteiger partial charge < -0.3 is 0 Å². The average Bonchev–Trinajstić information content (AvgIpc) is 2.19. The Morgan fingerprint density at radius 2 is 2.19 bits per heavy atom. The molecule has 0 aliphatic heterocycles. The Hall–Kier alpha value is -1.21. The number of nitrogens with zero attached hydrogens (tertiary/aromatic N) is 1. The summed E-state index contributed by atoms with van der Waals surface area (Å²) < 4.78 is 40.3. The molecule has 90 valence electrons. The molecule has 1 rings (SSSR count). The first-order valence-corrected chi connectivity index (χ1v) is 6.27. The maximum absolute atomic E-state index is 13.1. The summed E-state index contributed by atoms with van der Waals surface area (Å²) in [7, 11) is -3.75. The summed E-state index contributed by atoms with van der Waals surface area (Å²) in [5.41, 5.74) is 0. The summed E-state index contributed by atoms with van der Waals surface area (Å²) in [6.07, 6.45) is 1.31. The number of nitrogens with one attached hydrogen (secondary N) is 2. The first kappa shape index (κ1) is 12.9. The third-order valence-corrected chi connectivity index (χ3v) is 2.68. The van der Waals surface area contributed by atoms with E-state index in [4.69, 9.17) is 0 Å². The molecule has 0 amide bonds. The summed E-state index contributed by atoms with van der Waals surface area (Å²) in [4.78, 5) is 3.59. The summed E-state index contributed by atoms with van der Waals surface area (Å²) in [6, 6.07) is 2.52. The highest BCUT2D eigenvalue weighted by Gasteiger charge is 2.13. The molecular weight excluding hydrogens is 233 g/mol. The largest absolute Gasteiger partial charge is 0.300 e. The van der Waals surface area contributed by atoms with E-state index < -0.39 is 16.0 Å². The molecule has 0 aromatic carbocycles. The summed E-state index contributed by atoms with van der Waals surface area (Å²) in [5, 5.41) is 0.